The van der Waals surface area contributed by atoms with Gasteiger partial charge in [-0.25, -0.2) is 4.79 Å². The highest BCUT2D eigenvalue weighted by atomic mass is 16.6. The van der Waals surface area contributed by atoms with Gasteiger partial charge in [0, 0.05) is 12.1 Å². The molecule has 0 radical (unpaired) electrons. The summed E-state index contributed by atoms with van der Waals surface area (Å²) >= 11 is 0. The molecule has 0 aromatic heterocycles. The molecule has 0 aliphatic rings. The topological polar surface area (TPSA) is 112 Å². The Morgan fingerprint density at radius 3 is 2.44 bits per heavy atom. The van der Waals surface area contributed by atoms with Crippen molar-refractivity contribution in [3.63, 3.8) is 0 Å². The van der Waals surface area contributed by atoms with Crippen LogP contribution in [0.5, 0.6) is 11.5 Å². The number of hydrogen-bond acceptors (Lipinski definition) is 7. The summed E-state index contributed by atoms with van der Waals surface area (Å²) in [6.07, 6.45) is 1.38. The Morgan fingerprint density at radius 1 is 1.19 bits per heavy atom. The molecule has 0 N–H and O–H groups in total. The van der Waals surface area contributed by atoms with Gasteiger partial charge in [0.1, 0.15) is 18.2 Å². The highest BCUT2D eigenvalue weighted by Gasteiger charge is 2.11. The molecule has 0 heterocycles. The van der Waals surface area contributed by atoms with Gasteiger partial charge in [-0.05, 0) is 41.5 Å². The van der Waals surface area contributed by atoms with Gasteiger partial charge in [0.2, 0.25) is 0 Å². The summed E-state index contributed by atoms with van der Waals surface area (Å²) in [7, 11) is 2.68. The minimum atomic E-state index is -0.735. The highest BCUT2D eigenvalue weighted by molar-refractivity contribution is 5.97. The number of nitrogens with zero attached hydrogens (tertiary/aromatic N) is 2. The lowest BCUT2D eigenvalue weighted by Gasteiger charge is -2.11. The van der Waals surface area contributed by atoms with Crippen LogP contribution in [0.1, 0.15) is 11.1 Å². The van der Waals surface area contributed by atoms with Crippen molar-refractivity contribution < 1.29 is 23.9 Å². The maximum absolute atomic E-state index is 11.5. The number of nitro benzene ring substituents is 1. The van der Waals surface area contributed by atoms with Gasteiger partial charge in [0.15, 0.2) is 11.5 Å². The molecule has 2 aromatic rings. The maximum Gasteiger partial charge on any atom is 0.348 e. The molecular formula is C19H16N2O6. The molecule has 2 aromatic carbocycles. The van der Waals surface area contributed by atoms with Crippen molar-refractivity contribution >= 4 is 17.7 Å². The number of nitriles is 1. The molecule has 0 unspecified atom stereocenters. The molecule has 8 heteroatoms. The Balaban J connectivity index is 2.22. The Kier molecular flexibility index (Phi) is 6.49. The summed E-state index contributed by atoms with van der Waals surface area (Å²) in [4.78, 5) is 21.7. The first-order valence-corrected chi connectivity index (χ1v) is 7.72. The number of ether oxygens (including phenoxy) is 3. The van der Waals surface area contributed by atoms with E-state index in [2.05, 4.69) is 4.74 Å². The lowest BCUT2D eigenvalue weighted by atomic mass is 10.1. The first-order valence-electron chi connectivity index (χ1n) is 7.72. The molecule has 0 aliphatic carbocycles. The SMILES string of the molecule is COC(=O)/C(C#N)=C/c1ccc(OC)c(OCc2ccc([N+](=O)[O-])cc2)c1. The molecule has 27 heavy (non-hydrogen) atoms. The number of carbonyl (C=O) groups is 1. The van der Waals surface area contributed by atoms with E-state index in [0.717, 1.165) is 5.56 Å². The van der Waals surface area contributed by atoms with E-state index in [0.29, 0.717) is 17.1 Å². The zero-order chi connectivity index (χ0) is 19.8. The normalized spacial score (nSPS) is 10.6. The molecule has 0 amide bonds. The minimum absolute atomic E-state index is 0.00434. The number of carbonyl (C=O) groups excluding carboxylic acids is 1. The molecule has 2 rings (SSSR count). The third-order valence-corrected chi connectivity index (χ3v) is 3.57. The van der Waals surface area contributed by atoms with E-state index in [1.807, 2.05) is 0 Å². The Bertz CT molecular complexity index is 913. The van der Waals surface area contributed by atoms with E-state index < -0.39 is 10.9 Å². The van der Waals surface area contributed by atoms with Crippen LogP contribution in [0, 0.1) is 21.4 Å². The summed E-state index contributed by atoms with van der Waals surface area (Å²) in [6.45, 7) is 0.156. The zero-order valence-electron chi connectivity index (χ0n) is 14.7. The van der Waals surface area contributed by atoms with Gasteiger partial charge in [0.25, 0.3) is 5.69 Å². The van der Waals surface area contributed by atoms with Crippen LogP contribution in [0.15, 0.2) is 48.0 Å². The Hall–Kier alpha value is -3.86. The fraction of sp³-hybridized carbons (Fsp3) is 0.158. The summed E-state index contributed by atoms with van der Waals surface area (Å²) in [6, 6.07) is 12.7. The second-order valence-electron chi connectivity index (χ2n) is 5.28. The van der Waals surface area contributed by atoms with Crippen LogP contribution in [0.2, 0.25) is 0 Å². The molecule has 0 spiro atoms. The monoisotopic (exact) mass is 368 g/mol. The Labute approximate surface area is 155 Å². The first kappa shape index (κ1) is 19.5. The third-order valence-electron chi connectivity index (χ3n) is 3.57. The average Bonchev–Trinajstić information content (AvgIpc) is 2.70. The van der Waals surface area contributed by atoms with Crippen molar-refractivity contribution in [1.29, 1.82) is 5.26 Å². The van der Waals surface area contributed by atoms with Gasteiger partial charge in [-0.1, -0.05) is 6.07 Å². The molecule has 0 saturated heterocycles. The summed E-state index contributed by atoms with van der Waals surface area (Å²) in [5.41, 5.74) is 1.13. The first-order chi connectivity index (χ1) is 13.0. The standard InChI is InChI=1S/C19H16N2O6/c1-25-17-8-5-14(9-15(11-20)19(22)26-2)10-18(17)27-12-13-3-6-16(7-4-13)21(23)24/h3-10H,12H2,1-2H3/b15-9+. The predicted octanol–water partition coefficient (Wildman–Crippen LogP) is 3.26. The number of hydrogen-bond donors (Lipinski definition) is 0. The highest BCUT2D eigenvalue weighted by Crippen LogP contribution is 2.30. The van der Waals surface area contributed by atoms with Crippen molar-refractivity contribution in [2.75, 3.05) is 14.2 Å². The minimum Gasteiger partial charge on any atom is -0.493 e. The molecule has 0 fully saturated rings. The number of esters is 1. The molecule has 0 aliphatic heterocycles. The van der Waals surface area contributed by atoms with Crippen LogP contribution in [-0.2, 0) is 16.1 Å². The smallest absolute Gasteiger partial charge is 0.348 e. The summed E-state index contributed by atoms with van der Waals surface area (Å²) in [5, 5.41) is 19.7. The fourth-order valence-electron chi connectivity index (χ4n) is 2.18. The van der Waals surface area contributed by atoms with Crippen LogP contribution in [0.4, 0.5) is 5.69 Å². The molecule has 0 bridgehead atoms. The molecular weight excluding hydrogens is 352 g/mol. The zero-order valence-corrected chi connectivity index (χ0v) is 14.7. The van der Waals surface area contributed by atoms with E-state index in [1.54, 1.807) is 36.4 Å². The molecule has 0 saturated carbocycles. The summed E-state index contributed by atoms with van der Waals surface area (Å²) < 4.78 is 15.5. The fourth-order valence-corrected chi connectivity index (χ4v) is 2.18. The predicted molar refractivity (Wildman–Crippen MR) is 96.0 cm³/mol. The third kappa shape index (κ3) is 5.06. The van der Waals surface area contributed by atoms with Gasteiger partial charge in [-0.15, -0.1) is 0 Å². The van der Waals surface area contributed by atoms with Gasteiger partial charge in [-0.3, -0.25) is 10.1 Å². The lowest BCUT2D eigenvalue weighted by Crippen LogP contribution is -2.02. The average molecular weight is 368 g/mol. The maximum atomic E-state index is 11.5. The molecule has 8 nitrogen and oxygen atoms in total. The number of benzene rings is 2. The molecule has 0 atom stereocenters. The van der Waals surface area contributed by atoms with Crippen LogP contribution in [-0.4, -0.2) is 25.1 Å². The van der Waals surface area contributed by atoms with E-state index >= 15 is 0 Å². The van der Waals surface area contributed by atoms with Crippen LogP contribution in [0.25, 0.3) is 6.08 Å². The van der Waals surface area contributed by atoms with Crippen molar-refractivity contribution in [3.8, 4) is 17.6 Å². The number of rotatable bonds is 7. The van der Waals surface area contributed by atoms with Gasteiger partial charge < -0.3 is 14.2 Å². The van der Waals surface area contributed by atoms with E-state index in [9.17, 15) is 14.9 Å². The van der Waals surface area contributed by atoms with Crippen molar-refractivity contribution in [2.24, 2.45) is 0 Å². The van der Waals surface area contributed by atoms with Crippen LogP contribution >= 0.6 is 0 Å². The van der Waals surface area contributed by atoms with E-state index in [-0.39, 0.29) is 17.9 Å². The second kappa shape index (κ2) is 9.01. The van der Waals surface area contributed by atoms with Crippen LogP contribution < -0.4 is 9.47 Å². The summed E-state index contributed by atoms with van der Waals surface area (Å²) in [5.74, 6) is 0.124. The Morgan fingerprint density at radius 2 is 1.89 bits per heavy atom. The number of methoxy groups -OCH3 is 2. The van der Waals surface area contributed by atoms with Gasteiger partial charge in [0.05, 0.1) is 19.1 Å². The quantitative estimate of drug-likeness (QED) is 0.242. The van der Waals surface area contributed by atoms with Crippen LogP contribution in [0.3, 0.4) is 0 Å². The van der Waals surface area contributed by atoms with Crippen molar-refractivity contribution in [3.05, 3.63) is 69.3 Å². The number of nitro groups is 1. The van der Waals surface area contributed by atoms with Gasteiger partial charge >= 0.3 is 5.97 Å². The van der Waals surface area contributed by atoms with Gasteiger partial charge in [-0.2, -0.15) is 5.26 Å². The molecule has 138 valence electrons. The van der Waals surface area contributed by atoms with Crippen molar-refractivity contribution in [2.45, 2.75) is 6.61 Å². The van der Waals surface area contributed by atoms with Crippen molar-refractivity contribution in [1.82, 2.24) is 0 Å². The van der Waals surface area contributed by atoms with E-state index in [1.165, 1.54) is 32.4 Å². The largest absolute Gasteiger partial charge is 0.493 e. The second-order valence-corrected chi connectivity index (χ2v) is 5.28. The lowest BCUT2D eigenvalue weighted by molar-refractivity contribution is -0.384. The number of non-ortho nitro benzene ring substituents is 1. The van der Waals surface area contributed by atoms with E-state index in [4.69, 9.17) is 14.7 Å².